The van der Waals surface area contributed by atoms with Gasteiger partial charge in [0.25, 0.3) is 0 Å². The quantitative estimate of drug-likeness (QED) is 0.653. The van der Waals surface area contributed by atoms with Gasteiger partial charge in [-0.05, 0) is 20.8 Å². The van der Waals surface area contributed by atoms with Crippen LogP contribution in [0.25, 0.3) is 0 Å². The first-order valence-corrected chi connectivity index (χ1v) is 5.51. The zero-order valence-electron chi connectivity index (χ0n) is 10.1. The fourth-order valence-corrected chi connectivity index (χ4v) is 1.28. The second-order valence-electron chi connectivity index (χ2n) is 4.68. The lowest BCUT2D eigenvalue weighted by Gasteiger charge is -2.20. The average molecular weight is 227 g/mol. The van der Waals surface area contributed by atoms with Crippen LogP contribution in [-0.4, -0.2) is 38.7 Å². The SMILES string of the molecule is CC(C)n1cc(CNCC(C)(O)CO)cn1. The fourth-order valence-electron chi connectivity index (χ4n) is 1.28. The molecule has 3 N–H and O–H groups in total. The summed E-state index contributed by atoms with van der Waals surface area (Å²) in [4.78, 5) is 0. The van der Waals surface area contributed by atoms with E-state index in [1.807, 2.05) is 10.9 Å². The maximum Gasteiger partial charge on any atom is 0.0972 e. The molecule has 16 heavy (non-hydrogen) atoms. The molecule has 0 spiro atoms. The zero-order chi connectivity index (χ0) is 12.2. The van der Waals surface area contributed by atoms with Crippen molar-refractivity contribution in [2.45, 2.75) is 39.0 Å². The summed E-state index contributed by atoms with van der Waals surface area (Å²) in [7, 11) is 0. The lowest BCUT2D eigenvalue weighted by molar-refractivity contribution is 0.00253. The number of rotatable bonds is 6. The zero-order valence-corrected chi connectivity index (χ0v) is 10.1. The first-order chi connectivity index (χ1) is 7.44. The van der Waals surface area contributed by atoms with E-state index in [1.54, 1.807) is 13.1 Å². The molecule has 0 amide bonds. The van der Waals surface area contributed by atoms with Gasteiger partial charge in [0.15, 0.2) is 0 Å². The van der Waals surface area contributed by atoms with E-state index in [9.17, 15) is 5.11 Å². The Morgan fingerprint density at radius 2 is 2.25 bits per heavy atom. The highest BCUT2D eigenvalue weighted by Gasteiger charge is 2.17. The first-order valence-electron chi connectivity index (χ1n) is 5.51. The van der Waals surface area contributed by atoms with Crippen LogP contribution in [0, 0.1) is 0 Å². The van der Waals surface area contributed by atoms with Gasteiger partial charge in [-0.2, -0.15) is 5.10 Å². The standard InChI is InChI=1S/C11H21N3O2/c1-9(2)14-6-10(5-13-14)4-12-7-11(3,16)8-15/h5-6,9,12,15-16H,4,7-8H2,1-3H3. The van der Waals surface area contributed by atoms with Gasteiger partial charge >= 0.3 is 0 Å². The minimum atomic E-state index is -1.06. The molecule has 92 valence electrons. The smallest absolute Gasteiger partial charge is 0.0972 e. The summed E-state index contributed by atoms with van der Waals surface area (Å²) in [6.45, 7) is 6.49. The van der Waals surface area contributed by atoms with Crippen LogP contribution in [0.3, 0.4) is 0 Å². The van der Waals surface area contributed by atoms with Crippen LogP contribution in [0.2, 0.25) is 0 Å². The highest BCUT2D eigenvalue weighted by Crippen LogP contribution is 2.05. The molecule has 1 rings (SSSR count). The Morgan fingerprint density at radius 1 is 1.56 bits per heavy atom. The van der Waals surface area contributed by atoms with E-state index in [1.165, 1.54) is 0 Å². The fraction of sp³-hybridized carbons (Fsp3) is 0.727. The summed E-state index contributed by atoms with van der Waals surface area (Å²) >= 11 is 0. The molecule has 0 aliphatic heterocycles. The molecule has 1 aromatic heterocycles. The predicted octanol–water partition coefficient (Wildman–Crippen LogP) is 0.297. The molecule has 0 fully saturated rings. The Kier molecular flexibility index (Phi) is 4.46. The van der Waals surface area contributed by atoms with Gasteiger partial charge in [-0.3, -0.25) is 4.68 Å². The minimum Gasteiger partial charge on any atom is -0.393 e. The third-order valence-electron chi connectivity index (χ3n) is 2.36. The molecule has 0 aromatic carbocycles. The number of aliphatic hydroxyl groups excluding tert-OH is 1. The van der Waals surface area contributed by atoms with Crippen molar-refractivity contribution in [1.29, 1.82) is 0 Å². The van der Waals surface area contributed by atoms with Crippen molar-refractivity contribution in [3.05, 3.63) is 18.0 Å². The van der Waals surface area contributed by atoms with Gasteiger partial charge in [0.2, 0.25) is 0 Å². The summed E-state index contributed by atoms with van der Waals surface area (Å²) in [6.07, 6.45) is 3.78. The summed E-state index contributed by atoms with van der Waals surface area (Å²) < 4.78 is 1.89. The van der Waals surface area contributed by atoms with Crippen LogP contribution in [0.5, 0.6) is 0 Å². The summed E-state index contributed by atoms with van der Waals surface area (Å²) in [6, 6.07) is 0.356. The molecule has 1 unspecified atom stereocenters. The molecule has 0 bridgehead atoms. The number of aromatic nitrogens is 2. The van der Waals surface area contributed by atoms with E-state index < -0.39 is 5.60 Å². The van der Waals surface area contributed by atoms with Crippen LogP contribution in [0.1, 0.15) is 32.4 Å². The van der Waals surface area contributed by atoms with Crippen molar-refractivity contribution < 1.29 is 10.2 Å². The van der Waals surface area contributed by atoms with E-state index in [0.717, 1.165) is 5.56 Å². The van der Waals surface area contributed by atoms with Crippen LogP contribution >= 0.6 is 0 Å². The van der Waals surface area contributed by atoms with Gasteiger partial charge < -0.3 is 15.5 Å². The Bertz CT molecular complexity index is 321. The van der Waals surface area contributed by atoms with Gasteiger partial charge in [-0.1, -0.05) is 0 Å². The molecule has 1 heterocycles. The Hall–Kier alpha value is -0.910. The topological polar surface area (TPSA) is 70.3 Å². The van der Waals surface area contributed by atoms with Crippen molar-refractivity contribution in [1.82, 2.24) is 15.1 Å². The molecule has 5 heteroatoms. The molecule has 0 radical (unpaired) electrons. The molecule has 0 aliphatic rings. The molecular weight excluding hydrogens is 206 g/mol. The average Bonchev–Trinajstić information content (AvgIpc) is 2.66. The Labute approximate surface area is 96.1 Å². The monoisotopic (exact) mass is 227 g/mol. The van der Waals surface area contributed by atoms with E-state index in [4.69, 9.17) is 5.11 Å². The summed E-state index contributed by atoms with van der Waals surface area (Å²) in [5, 5.41) is 25.7. The van der Waals surface area contributed by atoms with E-state index in [2.05, 4.69) is 24.3 Å². The van der Waals surface area contributed by atoms with Gasteiger partial charge in [-0.25, -0.2) is 0 Å². The van der Waals surface area contributed by atoms with E-state index in [-0.39, 0.29) is 6.61 Å². The third-order valence-corrected chi connectivity index (χ3v) is 2.36. The molecule has 5 nitrogen and oxygen atoms in total. The van der Waals surface area contributed by atoms with Crippen molar-refractivity contribution in [3.8, 4) is 0 Å². The predicted molar refractivity (Wildman–Crippen MR) is 62.0 cm³/mol. The van der Waals surface area contributed by atoms with Crippen molar-refractivity contribution in [2.75, 3.05) is 13.2 Å². The van der Waals surface area contributed by atoms with Crippen LogP contribution in [0.15, 0.2) is 12.4 Å². The van der Waals surface area contributed by atoms with Gasteiger partial charge in [0.1, 0.15) is 0 Å². The van der Waals surface area contributed by atoms with Crippen molar-refractivity contribution >= 4 is 0 Å². The highest BCUT2D eigenvalue weighted by atomic mass is 16.3. The van der Waals surface area contributed by atoms with Crippen molar-refractivity contribution in [2.24, 2.45) is 0 Å². The number of aliphatic hydroxyl groups is 2. The van der Waals surface area contributed by atoms with Gasteiger partial charge in [0.05, 0.1) is 18.4 Å². The van der Waals surface area contributed by atoms with E-state index >= 15 is 0 Å². The maximum absolute atomic E-state index is 9.56. The number of hydrogen-bond donors (Lipinski definition) is 3. The number of nitrogens with one attached hydrogen (secondary N) is 1. The normalized spacial score (nSPS) is 15.4. The highest BCUT2D eigenvalue weighted by molar-refractivity contribution is 5.03. The molecule has 0 aliphatic carbocycles. The minimum absolute atomic E-state index is 0.245. The third kappa shape index (κ3) is 3.92. The molecular formula is C11H21N3O2. The second-order valence-corrected chi connectivity index (χ2v) is 4.68. The summed E-state index contributed by atoms with van der Waals surface area (Å²) in [5.41, 5.74) is 0.0102. The maximum atomic E-state index is 9.56. The van der Waals surface area contributed by atoms with Crippen molar-refractivity contribution in [3.63, 3.8) is 0 Å². The Morgan fingerprint density at radius 3 is 2.75 bits per heavy atom. The second kappa shape index (κ2) is 5.43. The summed E-state index contributed by atoms with van der Waals surface area (Å²) in [5.74, 6) is 0. The largest absolute Gasteiger partial charge is 0.393 e. The molecule has 1 atom stereocenters. The molecule has 0 saturated heterocycles. The number of hydrogen-bond acceptors (Lipinski definition) is 4. The Balaban J connectivity index is 2.37. The van der Waals surface area contributed by atoms with Gasteiger partial charge in [-0.15, -0.1) is 0 Å². The number of nitrogens with zero attached hydrogens (tertiary/aromatic N) is 2. The molecule has 0 saturated carbocycles. The lowest BCUT2D eigenvalue weighted by Crippen LogP contribution is -2.40. The van der Waals surface area contributed by atoms with Crippen LogP contribution in [0.4, 0.5) is 0 Å². The van der Waals surface area contributed by atoms with Crippen LogP contribution < -0.4 is 5.32 Å². The van der Waals surface area contributed by atoms with E-state index in [0.29, 0.717) is 19.1 Å². The first kappa shape index (κ1) is 13.2. The lowest BCUT2D eigenvalue weighted by atomic mass is 10.1. The molecule has 1 aromatic rings. The van der Waals surface area contributed by atoms with Gasteiger partial charge in [0, 0.05) is 30.9 Å². The van der Waals surface area contributed by atoms with Crippen LogP contribution in [-0.2, 0) is 6.54 Å².